The Balaban J connectivity index is 3.38. The summed E-state index contributed by atoms with van der Waals surface area (Å²) in [4.78, 5) is 24.3. The molecule has 1 rings (SSSR count). The number of aryl methyl sites for hydroxylation is 2. The van der Waals surface area contributed by atoms with E-state index in [0.717, 1.165) is 11.1 Å². The molecular formula is C18H25F3N2O3. The minimum absolute atomic E-state index is 0.0447. The van der Waals surface area contributed by atoms with Crippen LogP contribution in [0.2, 0.25) is 0 Å². The summed E-state index contributed by atoms with van der Waals surface area (Å²) < 4.78 is 46.4. The molecule has 1 aromatic carbocycles. The molecule has 146 valence electrons. The smallest absolute Gasteiger partial charge is 0.441 e. The van der Waals surface area contributed by atoms with Gasteiger partial charge in [0.2, 0.25) is 5.91 Å². The van der Waals surface area contributed by atoms with E-state index in [1.807, 2.05) is 12.2 Å². The monoisotopic (exact) mass is 374 g/mol. The van der Waals surface area contributed by atoms with Crippen LogP contribution in [0.5, 0.6) is 0 Å². The average Bonchev–Trinajstić information content (AvgIpc) is 2.48. The maximum atomic E-state index is 13.9. The van der Waals surface area contributed by atoms with Crippen LogP contribution in [-0.4, -0.2) is 30.3 Å². The van der Waals surface area contributed by atoms with Gasteiger partial charge in [-0.1, -0.05) is 19.9 Å². The van der Waals surface area contributed by atoms with E-state index in [1.165, 1.54) is 19.1 Å². The molecule has 0 aliphatic heterocycles. The van der Waals surface area contributed by atoms with Crippen molar-refractivity contribution in [2.75, 3.05) is 11.9 Å². The Morgan fingerprint density at radius 3 is 2.23 bits per heavy atom. The highest BCUT2D eigenvalue weighted by Crippen LogP contribution is 2.34. The zero-order valence-electron chi connectivity index (χ0n) is 15.6. The fourth-order valence-corrected chi connectivity index (χ4v) is 2.30. The number of alkyl halides is 3. The number of carbonyl (C=O) groups is 2. The largest absolute Gasteiger partial charge is 0.463 e. The van der Waals surface area contributed by atoms with Gasteiger partial charge in [-0.25, -0.2) is 4.79 Å². The van der Waals surface area contributed by atoms with Crippen molar-refractivity contribution >= 4 is 17.6 Å². The van der Waals surface area contributed by atoms with Crippen molar-refractivity contribution in [3.05, 3.63) is 29.3 Å². The van der Waals surface area contributed by atoms with Gasteiger partial charge in [0, 0.05) is 12.1 Å². The summed E-state index contributed by atoms with van der Waals surface area (Å²) in [5.74, 6) is -2.69. The number of benzene rings is 1. The first kappa shape index (κ1) is 21.8. The number of hydrogen-bond acceptors (Lipinski definition) is 4. The van der Waals surface area contributed by atoms with Crippen LogP contribution in [0.4, 0.5) is 18.9 Å². The number of anilines is 1. The van der Waals surface area contributed by atoms with Gasteiger partial charge in [-0.05, 0) is 49.9 Å². The average molecular weight is 374 g/mol. The fourth-order valence-electron chi connectivity index (χ4n) is 2.30. The minimum atomic E-state index is -5.12. The summed E-state index contributed by atoms with van der Waals surface area (Å²) in [5, 5.41) is 3.98. The molecule has 0 fully saturated rings. The summed E-state index contributed by atoms with van der Waals surface area (Å²) >= 11 is 0. The van der Waals surface area contributed by atoms with Crippen LogP contribution in [0.25, 0.3) is 0 Å². The second kappa shape index (κ2) is 8.42. The van der Waals surface area contributed by atoms with Crippen LogP contribution in [0.3, 0.4) is 0 Å². The quantitative estimate of drug-likeness (QED) is 0.564. The van der Waals surface area contributed by atoms with Gasteiger partial charge >= 0.3 is 17.8 Å². The third kappa shape index (κ3) is 5.12. The molecule has 0 aliphatic rings. The predicted molar refractivity (Wildman–Crippen MR) is 92.6 cm³/mol. The summed E-state index contributed by atoms with van der Waals surface area (Å²) in [6, 6.07) is 4.51. The molecule has 0 aromatic heterocycles. The number of esters is 1. The molecule has 2 N–H and O–H groups in total. The van der Waals surface area contributed by atoms with E-state index in [2.05, 4.69) is 10.1 Å². The lowest BCUT2D eigenvalue weighted by atomic mass is 10.0. The van der Waals surface area contributed by atoms with Crippen molar-refractivity contribution in [1.82, 2.24) is 5.32 Å². The Hall–Kier alpha value is -2.25. The van der Waals surface area contributed by atoms with Gasteiger partial charge < -0.3 is 15.4 Å². The lowest BCUT2D eigenvalue weighted by molar-refractivity contribution is -0.208. The van der Waals surface area contributed by atoms with Crippen molar-refractivity contribution in [1.29, 1.82) is 0 Å². The molecule has 26 heavy (non-hydrogen) atoms. The highest BCUT2D eigenvalue weighted by molar-refractivity contribution is 5.91. The van der Waals surface area contributed by atoms with Crippen molar-refractivity contribution in [2.45, 2.75) is 52.9 Å². The molecule has 1 aromatic rings. The summed E-state index contributed by atoms with van der Waals surface area (Å²) in [6.45, 7) is 8.06. The molecule has 0 unspecified atom stereocenters. The van der Waals surface area contributed by atoms with Crippen LogP contribution in [0.15, 0.2) is 18.2 Å². The molecule has 1 amide bonds. The number of halogens is 3. The third-order valence-electron chi connectivity index (χ3n) is 3.77. The standard InChI is InChI=1S/C18H25F3N2O3/c1-6-26-16(25)17(18(19,20)21,23-15(24)9-11(2)3)22-14-8-7-12(4)13(5)10-14/h7-8,10-11,22H,6,9H2,1-5H3,(H,23,24)/t17-/m1/s1. The summed E-state index contributed by atoms with van der Waals surface area (Å²) in [7, 11) is 0. The first-order valence-corrected chi connectivity index (χ1v) is 8.33. The zero-order valence-corrected chi connectivity index (χ0v) is 15.6. The SMILES string of the molecule is CCOC(=O)[C@](NC(=O)CC(C)C)(Nc1ccc(C)c(C)c1)C(F)(F)F. The lowest BCUT2D eigenvalue weighted by Gasteiger charge is -2.35. The lowest BCUT2D eigenvalue weighted by Crippen LogP contribution is -2.69. The molecule has 0 bridgehead atoms. The second-order valence-corrected chi connectivity index (χ2v) is 6.54. The third-order valence-corrected chi connectivity index (χ3v) is 3.77. The van der Waals surface area contributed by atoms with Gasteiger partial charge in [0.15, 0.2) is 0 Å². The number of ether oxygens (including phenoxy) is 1. The first-order chi connectivity index (χ1) is 11.9. The van der Waals surface area contributed by atoms with Gasteiger partial charge in [-0.3, -0.25) is 4.79 Å². The molecule has 0 saturated heterocycles. The molecule has 1 atom stereocenters. The highest BCUT2D eigenvalue weighted by atomic mass is 19.4. The van der Waals surface area contributed by atoms with Gasteiger partial charge in [-0.2, -0.15) is 13.2 Å². The molecule has 5 nitrogen and oxygen atoms in total. The number of amides is 1. The zero-order chi connectivity index (χ0) is 20.1. The molecule has 0 radical (unpaired) electrons. The molecule has 8 heteroatoms. The van der Waals surface area contributed by atoms with Crippen LogP contribution in [-0.2, 0) is 14.3 Å². The van der Waals surface area contributed by atoms with Crippen LogP contribution in [0.1, 0.15) is 38.3 Å². The Bertz CT molecular complexity index is 660. The van der Waals surface area contributed by atoms with Crippen molar-refractivity contribution < 1.29 is 27.5 Å². The van der Waals surface area contributed by atoms with Gasteiger partial charge in [0.1, 0.15) is 0 Å². The molecule has 0 saturated carbocycles. The van der Waals surface area contributed by atoms with Gasteiger partial charge in [0.25, 0.3) is 0 Å². The van der Waals surface area contributed by atoms with Crippen LogP contribution < -0.4 is 10.6 Å². The number of hydrogen-bond donors (Lipinski definition) is 2. The van der Waals surface area contributed by atoms with Crippen molar-refractivity contribution in [3.63, 3.8) is 0 Å². The number of rotatable bonds is 7. The molecule has 0 spiro atoms. The van der Waals surface area contributed by atoms with Crippen molar-refractivity contribution in [2.24, 2.45) is 5.92 Å². The van der Waals surface area contributed by atoms with E-state index < -0.39 is 23.7 Å². The van der Waals surface area contributed by atoms with E-state index in [-0.39, 0.29) is 24.6 Å². The maximum Gasteiger partial charge on any atom is 0.441 e. The van der Waals surface area contributed by atoms with Crippen molar-refractivity contribution in [3.8, 4) is 0 Å². The Morgan fingerprint density at radius 2 is 1.77 bits per heavy atom. The van der Waals surface area contributed by atoms with E-state index in [1.54, 1.807) is 26.8 Å². The summed E-state index contributed by atoms with van der Waals surface area (Å²) in [6.07, 6.45) is -5.28. The molecular weight excluding hydrogens is 349 g/mol. The topological polar surface area (TPSA) is 67.4 Å². The van der Waals surface area contributed by atoms with E-state index in [9.17, 15) is 22.8 Å². The Morgan fingerprint density at radius 1 is 1.15 bits per heavy atom. The minimum Gasteiger partial charge on any atom is -0.463 e. The fraction of sp³-hybridized carbons (Fsp3) is 0.556. The van der Waals surface area contributed by atoms with E-state index >= 15 is 0 Å². The predicted octanol–water partition coefficient (Wildman–Crippen LogP) is 3.70. The molecule has 0 aliphatic carbocycles. The van der Waals surface area contributed by atoms with Gasteiger partial charge in [-0.15, -0.1) is 0 Å². The van der Waals surface area contributed by atoms with E-state index in [4.69, 9.17) is 0 Å². The second-order valence-electron chi connectivity index (χ2n) is 6.54. The highest BCUT2D eigenvalue weighted by Gasteiger charge is 2.63. The number of carbonyl (C=O) groups excluding carboxylic acids is 2. The van der Waals surface area contributed by atoms with E-state index in [0.29, 0.717) is 0 Å². The number of nitrogens with one attached hydrogen (secondary N) is 2. The van der Waals surface area contributed by atoms with Gasteiger partial charge in [0.05, 0.1) is 6.61 Å². The first-order valence-electron chi connectivity index (χ1n) is 8.33. The Kier molecular flexibility index (Phi) is 7.06. The Labute approximate surface area is 151 Å². The normalized spacial score (nSPS) is 13.9. The maximum absolute atomic E-state index is 13.9. The summed E-state index contributed by atoms with van der Waals surface area (Å²) in [5.41, 5.74) is -1.70. The molecule has 0 heterocycles. The van der Waals surface area contributed by atoms with Crippen LogP contribution >= 0.6 is 0 Å². The van der Waals surface area contributed by atoms with Crippen LogP contribution in [0, 0.1) is 19.8 Å².